The van der Waals surface area contributed by atoms with Crippen LogP contribution >= 0.6 is 11.9 Å². The van der Waals surface area contributed by atoms with E-state index < -0.39 is 0 Å². The first-order valence-corrected chi connectivity index (χ1v) is 12.9. The van der Waals surface area contributed by atoms with Crippen molar-refractivity contribution in [2.75, 3.05) is 18.5 Å². The topological polar surface area (TPSA) is 43.8 Å². The van der Waals surface area contributed by atoms with Crippen LogP contribution in [0.2, 0.25) is 0 Å². The van der Waals surface area contributed by atoms with Gasteiger partial charge in [0.25, 0.3) is 0 Å². The number of carbonyl (C=O) groups excluding carboxylic acids is 1. The van der Waals surface area contributed by atoms with Gasteiger partial charge in [0, 0.05) is 16.6 Å². The van der Waals surface area contributed by atoms with Crippen molar-refractivity contribution in [3.8, 4) is 5.75 Å². The summed E-state index contributed by atoms with van der Waals surface area (Å²) < 4.78 is 1.95. The van der Waals surface area contributed by atoms with Crippen LogP contribution in [0, 0.1) is 6.92 Å². The van der Waals surface area contributed by atoms with E-state index in [4.69, 9.17) is 0 Å². The van der Waals surface area contributed by atoms with Crippen LogP contribution in [-0.2, 0) is 11.3 Å². The van der Waals surface area contributed by atoms with Crippen molar-refractivity contribution in [3.63, 3.8) is 0 Å². The normalized spacial score (nSPS) is 14.3. The van der Waals surface area contributed by atoms with E-state index in [1.807, 2.05) is 17.4 Å². The quantitative estimate of drug-likeness (QED) is 0.360. The summed E-state index contributed by atoms with van der Waals surface area (Å²) in [5.41, 5.74) is 4.42. The molecular formula is C29H34N2O2S. The lowest BCUT2D eigenvalue weighted by Gasteiger charge is -2.26. The molecule has 0 atom stereocenters. The van der Waals surface area contributed by atoms with E-state index in [9.17, 15) is 9.90 Å². The van der Waals surface area contributed by atoms with Crippen molar-refractivity contribution in [1.82, 2.24) is 4.31 Å². The van der Waals surface area contributed by atoms with Gasteiger partial charge >= 0.3 is 0 Å². The first-order chi connectivity index (χ1) is 16.5. The van der Waals surface area contributed by atoms with Gasteiger partial charge in [0.05, 0.1) is 13.1 Å². The molecule has 0 aliphatic heterocycles. The van der Waals surface area contributed by atoms with Gasteiger partial charge in [0.2, 0.25) is 5.91 Å². The molecule has 1 fully saturated rings. The zero-order chi connectivity index (χ0) is 23.9. The Bertz CT molecular complexity index is 1080. The van der Waals surface area contributed by atoms with Crippen LogP contribution in [-0.4, -0.2) is 28.9 Å². The number of likely N-dealkylation sites (N-methyl/N-ethyl adjacent to an activating group) is 1. The van der Waals surface area contributed by atoms with E-state index >= 15 is 0 Å². The molecule has 0 unspecified atom stereocenters. The Morgan fingerprint density at radius 2 is 1.68 bits per heavy atom. The Hall–Kier alpha value is -2.76. The molecule has 0 radical (unpaired) electrons. The van der Waals surface area contributed by atoms with Crippen LogP contribution < -0.4 is 4.90 Å². The third kappa shape index (κ3) is 6.64. The van der Waals surface area contributed by atoms with Gasteiger partial charge < -0.3 is 10.0 Å². The Kier molecular flexibility index (Phi) is 8.30. The molecule has 178 valence electrons. The highest BCUT2D eigenvalue weighted by Gasteiger charge is 2.20. The molecule has 3 aromatic carbocycles. The molecule has 1 saturated carbocycles. The van der Waals surface area contributed by atoms with Crippen molar-refractivity contribution in [2.24, 2.45) is 0 Å². The molecule has 4 nitrogen and oxygen atoms in total. The highest BCUT2D eigenvalue weighted by atomic mass is 32.2. The summed E-state index contributed by atoms with van der Waals surface area (Å²) in [4.78, 5) is 16.3. The Morgan fingerprint density at radius 1 is 0.971 bits per heavy atom. The number of phenols is 1. The van der Waals surface area contributed by atoms with Gasteiger partial charge in [-0.15, -0.1) is 0 Å². The lowest BCUT2D eigenvalue weighted by molar-refractivity contribution is -0.118. The number of nitrogens with zero attached hydrogens (tertiary/aromatic N) is 2. The van der Waals surface area contributed by atoms with Crippen LogP contribution in [0.4, 0.5) is 5.69 Å². The van der Waals surface area contributed by atoms with Gasteiger partial charge in [-0.25, -0.2) is 4.31 Å². The maximum atomic E-state index is 13.4. The van der Waals surface area contributed by atoms with Crippen molar-refractivity contribution >= 4 is 23.5 Å². The van der Waals surface area contributed by atoms with Gasteiger partial charge in [-0.3, -0.25) is 4.79 Å². The fraction of sp³-hybridized carbons (Fsp3) is 0.345. The highest BCUT2D eigenvalue weighted by molar-refractivity contribution is 7.97. The fourth-order valence-corrected chi connectivity index (χ4v) is 5.38. The number of carbonyl (C=O) groups is 1. The van der Waals surface area contributed by atoms with Gasteiger partial charge in [-0.2, -0.15) is 0 Å². The van der Waals surface area contributed by atoms with E-state index in [2.05, 4.69) is 55.5 Å². The molecule has 0 heterocycles. The fourth-order valence-electron chi connectivity index (χ4n) is 4.59. The maximum Gasteiger partial charge on any atom is 0.242 e. The first-order valence-electron chi connectivity index (χ1n) is 12.1. The molecule has 0 saturated heterocycles. The number of aromatic hydroxyl groups is 1. The van der Waals surface area contributed by atoms with Crippen LogP contribution in [0.3, 0.4) is 0 Å². The second-order valence-corrected chi connectivity index (χ2v) is 10.5. The summed E-state index contributed by atoms with van der Waals surface area (Å²) in [7, 11) is 1.93. The number of anilines is 1. The van der Waals surface area contributed by atoms with Gasteiger partial charge in [0.15, 0.2) is 0 Å². The number of phenolic OH excluding ortho intramolecular Hbond substituents is 1. The van der Waals surface area contributed by atoms with Crippen LogP contribution in [0.25, 0.3) is 0 Å². The third-order valence-electron chi connectivity index (χ3n) is 6.48. The molecule has 1 aliphatic carbocycles. The maximum absolute atomic E-state index is 13.4. The van der Waals surface area contributed by atoms with Crippen molar-refractivity contribution in [2.45, 2.75) is 56.4 Å². The molecule has 3 aromatic rings. The second-order valence-electron chi connectivity index (χ2n) is 9.27. The molecule has 0 aromatic heterocycles. The summed E-state index contributed by atoms with van der Waals surface area (Å²) in [5, 5.41) is 10.0. The predicted molar refractivity (Wildman–Crippen MR) is 141 cm³/mol. The molecule has 34 heavy (non-hydrogen) atoms. The average molecular weight is 475 g/mol. The minimum Gasteiger partial charge on any atom is -0.508 e. The van der Waals surface area contributed by atoms with Crippen molar-refractivity contribution in [3.05, 3.63) is 89.5 Å². The minimum atomic E-state index is -0.0101. The number of hydrogen-bond acceptors (Lipinski definition) is 4. The van der Waals surface area contributed by atoms with E-state index in [1.54, 1.807) is 35.0 Å². The largest absolute Gasteiger partial charge is 0.508 e. The van der Waals surface area contributed by atoms with E-state index in [-0.39, 0.29) is 18.2 Å². The number of amides is 1. The Morgan fingerprint density at radius 3 is 2.35 bits per heavy atom. The van der Waals surface area contributed by atoms with Crippen LogP contribution in [0.5, 0.6) is 5.75 Å². The van der Waals surface area contributed by atoms with Gasteiger partial charge in [0.1, 0.15) is 5.75 Å². The molecule has 1 amide bonds. The number of aryl methyl sites for hydroxylation is 1. The summed E-state index contributed by atoms with van der Waals surface area (Å²) in [6.45, 7) is 2.79. The SMILES string of the molecule is Cc1ccc(SN(C)CC(=O)N(Cc2ccc(C3CCCCC3)cc2)c2cccc(O)c2)cc1. The van der Waals surface area contributed by atoms with Crippen LogP contribution in [0.15, 0.2) is 77.7 Å². The third-order valence-corrected chi connectivity index (χ3v) is 7.40. The van der Waals surface area contributed by atoms with Gasteiger partial charge in [-0.05, 0) is 80.1 Å². The summed E-state index contributed by atoms with van der Waals surface area (Å²) >= 11 is 1.56. The lowest BCUT2D eigenvalue weighted by atomic mass is 9.84. The number of benzene rings is 3. The smallest absolute Gasteiger partial charge is 0.242 e. The Labute approximate surface area is 207 Å². The standard InChI is InChI=1S/C29H34N2O2S/c1-22-11-17-28(18-12-22)34-30(2)21-29(33)31(26-9-6-10-27(32)19-26)20-23-13-15-25(16-14-23)24-7-4-3-5-8-24/h6,9-19,24,32H,3-5,7-8,20-21H2,1-2H3. The zero-order valence-electron chi connectivity index (χ0n) is 20.1. The lowest BCUT2D eigenvalue weighted by Crippen LogP contribution is -2.36. The number of hydrogen-bond donors (Lipinski definition) is 1. The molecule has 1 aliphatic rings. The summed E-state index contributed by atoms with van der Waals surface area (Å²) in [6, 6.07) is 24.0. The first kappa shape index (κ1) is 24.4. The summed E-state index contributed by atoms with van der Waals surface area (Å²) in [6.07, 6.45) is 6.54. The molecule has 0 spiro atoms. The van der Waals surface area contributed by atoms with Crippen molar-refractivity contribution in [1.29, 1.82) is 0 Å². The zero-order valence-corrected chi connectivity index (χ0v) is 20.9. The predicted octanol–water partition coefficient (Wildman–Crippen LogP) is 6.92. The molecule has 0 bridgehead atoms. The monoisotopic (exact) mass is 474 g/mol. The molecule has 1 N–H and O–H groups in total. The molecule has 4 rings (SSSR count). The Balaban J connectivity index is 1.47. The number of rotatable bonds is 8. The summed E-state index contributed by atoms with van der Waals surface area (Å²) in [5.74, 6) is 0.813. The van der Waals surface area contributed by atoms with E-state index in [1.165, 1.54) is 43.2 Å². The minimum absolute atomic E-state index is 0.0101. The second kappa shape index (κ2) is 11.6. The highest BCUT2D eigenvalue weighted by Crippen LogP contribution is 2.33. The molecule has 5 heteroatoms. The van der Waals surface area contributed by atoms with E-state index in [0.717, 1.165) is 10.5 Å². The average Bonchev–Trinajstić information content (AvgIpc) is 2.85. The van der Waals surface area contributed by atoms with Crippen LogP contribution in [0.1, 0.15) is 54.7 Å². The van der Waals surface area contributed by atoms with Crippen molar-refractivity contribution < 1.29 is 9.90 Å². The molecular weight excluding hydrogens is 440 g/mol. The van der Waals surface area contributed by atoms with E-state index in [0.29, 0.717) is 18.2 Å². The van der Waals surface area contributed by atoms with Gasteiger partial charge in [-0.1, -0.05) is 67.3 Å².